The molecule has 2 heterocycles. The van der Waals surface area contributed by atoms with E-state index in [1.54, 1.807) is 24.3 Å². The van der Waals surface area contributed by atoms with Crippen LogP contribution >= 0.6 is 11.8 Å². The SMILES string of the molecule is O=C(CSc1nc2[nH]ncc2c(=O)n1-c1ccccc1)Nc1ccc(Oc2ccccc2)cc1. The summed E-state index contributed by atoms with van der Waals surface area (Å²) in [5, 5.41) is 10.3. The molecule has 3 aromatic carbocycles. The number of hydrogen-bond acceptors (Lipinski definition) is 6. The van der Waals surface area contributed by atoms with Gasteiger partial charge >= 0.3 is 0 Å². The van der Waals surface area contributed by atoms with Crippen molar-refractivity contribution in [2.24, 2.45) is 0 Å². The maximum atomic E-state index is 13.0. The van der Waals surface area contributed by atoms with Crippen LogP contribution in [0.3, 0.4) is 0 Å². The molecule has 168 valence electrons. The maximum absolute atomic E-state index is 13.0. The van der Waals surface area contributed by atoms with Crippen LogP contribution in [0.25, 0.3) is 16.7 Å². The van der Waals surface area contributed by atoms with Crippen molar-refractivity contribution in [2.45, 2.75) is 5.16 Å². The fourth-order valence-corrected chi connectivity index (χ4v) is 4.14. The van der Waals surface area contributed by atoms with E-state index in [1.807, 2.05) is 60.7 Å². The third-order valence-electron chi connectivity index (χ3n) is 4.92. The number of thioether (sulfide) groups is 1. The first-order valence-corrected chi connectivity index (χ1v) is 11.4. The summed E-state index contributed by atoms with van der Waals surface area (Å²) in [5.41, 5.74) is 1.44. The second kappa shape index (κ2) is 9.63. The van der Waals surface area contributed by atoms with Gasteiger partial charge in [-0.05, 0) is 48.5 Å². The van der Waals surface area contributed by atoms with Crippen LogP contribution in [-0.2, 0) is 4.79 Å². The van der Waals surface area contributed by atoms with Gasteiger partial charge in [0.15, 0.2) is 10.8 Å². The molecule has 0 aliphatic rings. The summed E-state index contributed by atoms with van der Waals surface area (Å²) < 4.78 is 7.26. The van der Waals surface area contributed by atoms with Crippen molar-refractivity contribution >= 4 is 34.4 Å². The quantitative estimate of drug-likeness (QED) is 0.266. The highest BCUT2D eigenvalue weighted by Gasteiger charge is 2.16. The Bertz CT molecular complexity index is 1480. The Labute approximate surface area is 198 Å². The summed E-state index contributed by atoms with van der Waals surface area (Å²) in [6.45, 7) is 0. The fourth-order valence-electron chi connectivity index (χ4n) is 3.33. The average molecular weight is 470 g/mol. The number of para-hydroxylation sites is 2. The van der Waals surface area contributed by atoms with Crippen molar-refractivity contribution in [3.63, 3.8) is 0 Å². The Morgan fingerprint density at radius 2 is 1.62 bits per heavy atom. The van der Waals surface area contributed by atoms with E-state index in [2.05, 4.69) is 20.5 Å². The van der Waals surface area contributed by atoms with E-state index in [1.165, 1.54) is 22.5 Å². The molecule has 0 bridgehead atoms. The number of aromatic nitrogens is 4. The fraction of sp³-hybridized carbons (Fsp3) is 0.0400. The second-order valence-electron chi connectivity index (χ2n) is 7.28. The standard InChI is InChI=1S/C25H19N5O3S/c31-22(27-17-11-13-20(14-12-17)33-19-9-5-2-6-10-19)16-34-25-28-23-21(15-26-29-23)24(32)30(25)18-7-3-1-4-8-18/h1-15H,16H2,(H,26,29)(H,27,31). The maximum Gasteiger partial charge on any atom is 0.269 e. The molecule has 0 unspecified atom stereocenters. The van der Waals surface area contributed by atoms with Crippen molar-refractivity contribution in [1.82, 2.24) is 19.7 Å². The zero-order valence-corrected chi connectivity index (χ0v) is 18.7. The largest absolute Gasteiger partial charge is 0.457 e. The Morgan fingerprint density at radius 3 is 2.35 bits per heavy atom. The van der Waals surface area contributed by atoms with E-state index >= 15 is 0 Å². The van der Waals surface area contributed by atoms with Crippen LogP contribution < -0.4 is 15.6 Å². The van der Waals surface area contributed by atoms with Crippen LogP contribution in [-0.4, -0.2) is 31.4 Å². The molecule has 0 atom stereocenters. The Kier molecular flexibility index (Phi) is 6.09. The lowest BCUT2D eigenvalue weighted by Gasteiger charge is -2.12. The molecule has 0 aliphatic heterocycles. The topological polar surface area (TPSA) is 102 Å². The molecule has 2 aromatic heterocycles. The molecule has 0 fully saturated rings. The molecule has 0 aliphatic carbocycles. The monoisotopic (exact) mass is 469 g/mol. The summed E-state index contributed by atoms with van der Waals surface area (Å²) in [5.74, 6) is 1.26. The van der Waals surface area contributed by atoms with Gasteiger partial charge in [0.2, 0.25) is 5.91 Å². The number of ether oxygens (including phenoxy) is 1. The van der Waals surface area contributed by atoms with E-state index in [0.29, 0.717) is 33.3 Å². The first-order valence-electron chi connectivity index (χ1n) is 10.4. The van der Waals surface area contributed by atoms with E-state index in [4.69, 9.17) is 4.74 Å². The lowest BCUT2D eigenvalue weighted by atomic mass is 10.3. The van der Waals surface area contributed by atoms with Gasteiger partial charge in [-0.2, -0.15) is 5.10 Å². The van der Waals surface area contributed by atoms with Gasteiger partial charge in [0.25, 0.3) is 5.56 Å². The van der Waals surface area contributed by atoms with Gasteiger partial charge in [-0.25, -0.2) is 4.98 Å². The number of H-pyrrole nitrogens is 1. The summed E-state index contributed by atoms with van der Waals surface area (Å²) in [7, 11) is 0. The highest BCUT2D eigenvalue weighted by Crippen LogP contribution is 2.24. The number of hydrogen-bond donors (Lipinski definition) is 2. The molecule has 0 saturated heterocycles. The van der Waals surface area contributed by atoms with Crippen molar-refractivity contribution in [3.8, 4) is 17.2 Å². The number of carbonyl (C=O) groups excluding carboxylic acids is 1. The van der Waals surface area contributed by atoms with Crippen LogP contribution in [0.4, 0.5) is 5.69 Å². The average Bonchev–Trinajstić information content (AvgIpc) is 3.34. The molecule has 0 saturated carbocycles. The number of anilines is 1. The highest BCUT2D eigenvalue weighted by atomic mass is 32.2. The zero-order valence-electron chi connectivity index (χ0n) is 17.8. The van der Waals surface area contributed by atoms with Crippen molar-refractivity contribution < 1.29 is 9.53 Å². The van der Waals surface area contributed by atoms with Crippen LogP contribution in [0.2, 0.25) is 0 Å². The number of nitrogens with one attached hydrogen (secondary N) is 2. The van der Waals surface area contributed by atoms with E-state index in [-0.39, 0.29) is 17.2 Å². The van der Waals surface area contributed by atoms with Gasteiger partial charge in [0.05, 0.1) is 17.6 Å². The summed E-state index contributed by atoms with van der Waals surface area (Å²) in [6, 6.07) is 25.8. The molecule has 0 radical (unpaired) electrons. The number of nitrogens with zero attached hydrogens (tertiary/aromatic N) is 3. The summed E-state index contributed by atoms with van der Waals surface area (Å²) >= 11 is 1.17. The Morgan fingerprint density at radius 1 is 0.941 bits per heavy atom. The minimum Gasteiger partial charge on any atom is -0.457 e. The molecule has 8 nitrogen and oxygen atoms in total. The van der Waals surface area contributed by atoms with Gasteiger partial charge in [0.1, 0.15) is 16.9 Å². The lowest BCUT2D eigenvalue weighted by Crippen LogP contribution is -2.22. The van der Waals surface area contributed by atoms with Gasteiger partial charge in [-0.3, -0.25) is 19.3 Å². The highest BCUT2D eigenvalue weighted by molar-refractivity contribution is 7.99. The van der Waals surface area contributed by atoms with E-state index in [0.717, 1.165) is 5.75 Å². The van der Waals surface area contributed by atoms with Crippen LogP contribution in [0.1, 0.15) is 0 Å². The van der Waals surface area contributed by atoms with Gasteiger partial charge in [-0.15, -0.1) is 0 Å². The number of rotatable bonds is 7. The van der Waals surface area contributed by atoms with Crippen molar-refractivity contribution in [2.75, 3.05) is 11.1 Å². The van der Waals surface area contributed by atoms with Crippen LogP contribution in [0.5, 0.6) is 11.5 Å². The number of aromatic amines is 1. The minimum absolute atomic E-state index is 0.0706. The van der Waals surface area contributed by atoms with Crippen molar-refractivity contribution in [3.05, 3.63) is 101 Å². The molecule has 2 N–H and O–H groups in total. The molecule has 34 heavy (non-hydrogen) atoms. The molecule has 1 amide bonds. The second-order valence-corrected chi connectivity index (χ2v) is 8.22. The van der Waals surface area contributed by atoms with Crippen LogP contribution in [0.15, 0.2) is 101 Å². The van der Waals surface area contributed by atoms with Gasteiger partial charge in [-0.1, -0.05) is 48.2 Å². The first-order chi connectivity index (χ1) is 16.7. The van der Waals surface area contributed by atoms with E-state index in [9.17, 15) is 9.59 Å². The molecular formula is C25H19N5O3S. The summed E-state index contributed by atoms with van der Waals surface area (Å²) in [6.07, 6.45) is 1.45. The Hall–Kier alpha value is -4.37. The normalized spacial score (nSPS) is 10.8. The predicted molar refractivity (Wildman–Crippen MR) is 132 cm³/mol. The lowest BCUT2D eigenvalue weighted by molar-refractivity contribution is -0.113. The van der Waals surface area contributed by atoms with Gasteiger partial charge < -0.3 is 10.1 Å². The molecular weight excluding hydrogens is 450 g/mol. The number of carbonyl (C=O) groups is 1. The van der Waals surface area contributed by atoms with Crippen molar-refractivity contribution in [1.29, 1.82) is 0 Å². The van der Waals surface area contributed by atoms with Gasteiger partial charge in [0, 0.05) is 5.69 Å². The predicted octanol–water partition coefficient (Wildman–Crippen LogP) is 4.63. The Balaban J connectivity index is 1.29. The minimum atomic E-state index is -0.248. The summed E-state index contributed by atoms with van der Waals surface area (Å²) in [4.78, 5) is 30.2. The molecule has 5 rings (SSSR count). The third kappa shape index (κ3) is 4.69. The smallest absolute Gasteiger partial charge is 0.269 e. The van der Waals surface area contributed by atoms with Crippen LogP contribution in [0, 0.1) is 0 Å². The zero-order chi connectivity index (χ0) is 23.3. The molecule has 9 heteroatoms. The molecule has 5 aromatic rings. The number of benzene rings is 3. The number of fused-ring (bicyclic) bond motifs is 1. The number of amides is 1. The van der Waals surface area contributed by atoms with E-state index < -0.39 is 0 Å². The third-order valence-corrected chi connectivity index (χ3v) is 5.85. The molecule has 0 spiro atoms. The first kappa shape index (κ1) is 21.5.